The number of carbonyl (C=O) groups excluding carboxylic acids is 1. The molecule has 2 aromatic carbocycles. The number of aldehydes is 1. The van der Waals surface area contributed by atoms with E-state index >= 15 is 0 Å². The van der Waals surface area contributed by atoms with E-state index in [0.29, 0.717) is 29.6 Å². The minimum absolute atomic E-state index is 0.291. The van der Waals surface area contributed by atoms with Crippen LogP contribution >= 0.6 is 0 Å². The number of ether oxygens (including phenoxy) is 2. The fourth-order valence-electron chi connectivity index (χ4n) is 2.24. The smallest absolute Gasteiger partial charge is 0.226 e. The van der Waals surface area contributed by atoms with Crippen molar-refractivity contribution < 1.29 is 18.7 Å². The fourth-order valence-corrected chi connectivity index (χ4v) is 2.24. The fraction of sp³-hybridized carbons (Fsp3) is 0.158. The first-order valence-corrected chi connectivity index (χ1v) is 7.48. The lowest BCUT2D eigenvalue weighted by atomic mass is 10.2. The summed E-state index contributed by atoms with van der Waals surface area (Å²) in [6.07, 6.45) is 0.798. The Bertz CT molecular complexity index is 837. The SMILES string of the molecule is COc1cccc(-c2nc(COc3ccc(C=O)cc3)c(C)o2)c1. The molecule has 0 aliphatic heterocycles. The summed E-state index contributed by atoms with van der Waals surface area (Å²) in [7, 11) is 1.62. The van der Waals surface area contributed by atoms with Crippen molar-refractivity contribution in [3.05, 3.63) is 65.5 Å². The molecule has 0 fully saturated rings. The van der Waals surface area contributed by atoms with Crippen molar-refractivity contribution in [2.75, 3.05) is 7.11 Å². The minimum atomic E-state index is 0.291. The van der Waals surface area contributed by atoms with Gasteiger partial charge in [0.15, 0.2) is 0 Å². The molecule has 24 heavy (non-hydrogen) atoms. The first-order chi connectivity index (χ1) is 11.7. The van der Waals surface area contributed by atoms with Crippen LogP contribution in [0.25, 0.3) is 11.5 Å². The quantitative estimate of drug-likeness (QED) is 0.640. The molecule has 0 N–H and O–H groups in total. The third-order valence-corrected chi connectivity index (χ3v) is 3.60. The van der Waals surface area contributed by atoms with Crippen LogP contribution in [-0.4, -0.2) is 18.4 Å². The average molecular weight is 323 g/mol. The second-order valence-electron chi connectivity index (χ2n) is 5.23. The van der Waals surface area contributed by atoms with Crippen LogP contribution in [0.5, 0.6) is 11.5 Å². The number of nitrogens with zero attached hydrogens (tertiary/aromatic N) is 1. The van der Waals surface area contributed by atoms with Gasteiger partial charge >= 0.3 is 0 Å². The van der Waals surface area contributed by atoms with Crippen molar-refractivity contribution in [2.45, 2.75) is 13.5 Å². The highest BCUT2D eigenvalue weighted by molar-refractivity contribution is 5.74. The zero-order valence-electron chi connectivity index (χ0n) is 13.5. The normalized spacial score (nSPS) is 10.4. The van der Waals surface area contributed by atoms with Crippen LogP contribution in [0, 0.1) is 6.92 Å². The highest BCUT2D eigenvalue weighted by Crippen LogP contribution is 2.25. The van der Waals surface area contributed by atoms with Crippen LogP contribution in [0.1, 0.15) is 21.8 Å². The van der Waals surface area contributed by atoms with Gasteiger partial charge in [-0.15, -0.1) is 0 Å². The number of carbonyl (C=O) groups is 1. The van der Waals surface area contributed by atoms with Crippen molar-refractivity contribution >= 4 is 6.29 Å². The van der Waals surface area contributed by atoms with Gasteiger partial charge in [-0.05, 0) is 49.4 Å². The molecule has 0 radical (unpaired) electrons. The van der Waals surface area contributed by atoms with E-state index in [1.165, 1.54) is 0 Å². The topological polar surface area (TPSA) is 61.6 Å². The van der Waals surface area contributed by atoms with Crippen molar-refractivity contribution in [2.24, 2.45) is 0 Å². The van der Waals surface area contributed by atoms with Crippen molar-refractivity contribution in [1.82, 2.24) is 4.98 Å². The molecule has 0 atom stereocenters. The summed E-state index contributed by atoms with van der Waals surface area (Å²) in [4.78, 5) is 15.2. The molecule has 122 valence electrons. The van der Waals surface area contributed by atoms with Gasteiger partial charge in [0.25, 0.3) is 0 Å². The van der Waals surface area contributed by atoms with Gasteiger partial charge in [-0.3, -0.25) is 4.79 Å². The van der Waals surface area contributed by atoms with Gasteiger partial charge in [0.1, 0.15) is 35.8 Å². The first-order valence-electron chi connectivity index (χ1n) is 7.48. The van der Waals surface area contributed by atoms with Crippen LogP contribution in [-0.2, 0) is 6.61 Å². The molecule has 0 spiro atoms. The number of hydrogen-bond acceptors (Lipinski definition) is 5. The van der Waals surface area contributed by atoms with E-state index in [9.17, 15) is 4.79 Å². The number of aryl methyl sites for hydroxylation is 1. The minimum Gasteiger partial charge on any atom is -0.497 e. The maximum atomic E-state index is 10.7. The van der Waals surface area contributed by atoms with Crippen molar-refractivity contribution in [3.8, 4) is 23.0 Å². The van der Waals surface area contributed by atoms with Crippen LogP contribution in [0.2, 0.25) is 0 Å². The number of oxazole rings is 1. The van der Waals surface area contributed by atoms with E-state index in [1.807, 2.05) is 31.2 Å². The van der Waals surface area contributed by atoms with E-state index in [0.717, 1.165) is 23.3 Å². The molecule has 1 aromatic heterocycles. The number of benzene rings is 2. The molecule has 5 nitrogen and oxygen atoms in total. The second kappa shape index (κ2) is 7.00. The molecule has 0 saturated carbocycles. The molecule has 0 amide bonds. The lowest BCUT2D eigenvalue weighted by Crippen LogP contribution is -1.97. The summed E-state index contributed by atoms with van der Waals surface area (Å²) in [6, 6.07) is 14.5. The maximum Gasteiger partial charge on any atom is 0.226 e. The standard InChI is InChI=1S/C19H17NO4/c1-13-18(12-23-16-8-6-14(11-21)7-9-16)20-19(24-13)15-4-3-5-17(10-15)22-2/h3-11H,12H2,1-2H3. The van der Waals surface area contributed by atoms with Gasteiger partial charge in [-0.25, -0.2) is 4.98 Å². The molecule has 3 aromatic rings. The van der Waals surface area contributed by atoms with Crippen molar-refractivity contribution in [1.29, 1.82) is 0 Å². The van der Waals surface area contributed by atoms with Gasteiger partial charge in [-0.1, -0.05) is 6.07 Å². The Labute approximate surface area is 139 Å². The van der Waals surface area contributed by atoms with Gasteiger partial charge in [0.2, 0.25) is 5.89 Å². The van der Waals surface area contributed by atoms with E-state index < -0.39 is 0 Å². The Morgan fingerprint density at radius 1 is 1.12 bits per heavy atom. The van der Waals surface area contributed by atoms with E-state index in [-0.39, 0.29) is 0 Å². The lowest BCUT2D eigenvalue weighted by molar-refractivity contribution is 0.112. The molecular formula is C19H17NO4. The summed E-state index contributed by atoms with van der Waals surface area (Å²) in [6.45, 7) is 2.14. The monoisotopic (exact) mass is 323 g/mol. The van der Waals surface area contributed by atoms with Crippen LogP contribution < -0.4 is 9.47 Å². The molecule has 0 bridgehead atoms. The molecule has 0 aliphatic rings. The Morgan fingerprint density at radius 2 is 1.92 bits per heavy atom. The first kappa shape index (κ1) is 15.8. The molecular weight excluding hydrogens is 306 g/mol. The average Bonchev–Trinajstić information content (AvgIpc) is 3.01. The molecule has 1 heterocycles. The van der Waals surface area contributed by atoms with E-state index in [1.54, 1.807) is 31.4 Å². The Hall–Kier alpha value is -3.08. The van der Waals surface area contributed by atoms with Crippen LogP contribution in [0.15, 0.2) is 52.9 Å². The summed E-state index contributed by atoms with van der Waals surface area (Å²) >= 11 is 0. The van der Waals surface area contributed by atoms with Gasteiger partial charge in [0, 0.05) is 11.1 Å². The summed E-state index contributed by atoms with van der Waals surface area (Å²) < 4.78 is 16.7. The summed E-state index contributed by atoms with van der Waals surface area (Å²) in [5.41, 5.74) is 2.19. The number of methoxy groups -OCH3 is 1. The highest BCUT2D eigenvalue weighted by Gasteiger charge is 2.12. The third-order valence-electron chi connectivity index (χ3n) is 3.60. The van der Waals surface area contributed by atoms with Gasteiger partial charge in [0.05, 0.1) is 7.11 Å². The number of rotatable bonds is 6. The summed E-state index contributed by atoms with van der Waals surface area (Å²) in [5, 5.41) is 0. The van der Waals surface area contributed by atoms with Gasteiger partial charge in [-0.2, -0.15) is 0 Å². The molecule has 0 saturated heterocycles. The number of aromatic nitrogens is 1. The molecule has 0 unspecified atom stereocenters. The molecule has 5 heteroatoms. The second-order valence-corrected chi connectivity index (χ2v) is 5.23. The molecule has 0 aliphatic carbocycles. The predicted molar refractivity (Wildman–Crippen MR) is 89.4 cm³/mol. The van der Waals surface area contributed by atoms with Crippen molar-refractivity contribution in [3.63, 3.8) is 0 Å². The largest absolute Gasteiger partial charge is 0.497 e. The van der Waals surface area contributed by atoms with Crippen LogP contribution in [0.4, 0.5) is 0 Å². The van der Waals surface area contributed by atoms with Crippen LogP contribution in [0.3, 0.4) is 0 Å². The predicted octanol–water partition coefficient (Wildman–Crippen LogP) is 4.05. The maximum absolute atomic E-state index is 10.7. The van der Waals surface area contributed by atoms with Gasteiger partial charge < -0.3 is 13.9 Å². The zero-order chi connectivity index (χ0) is 16.9. The van der Waals surface area contributed by atoms with E-state index in [2.05, 4.69) is 4.98 Å². The summed E-state index contributed by atoms with van der Waals surface area (Å²) in [5.74, 6) is 2.65. The highest BCUT2D eigenvalue weighted by atomic mass is 16.5. The van der Waals surface area contributed by atoms with E-state index in [4.69, 9.17) is 13.9 Å². The zero-order valence-corrected chi connectivity index (χ0v) is 13.5. The Kier molecular flexibility index (Phi) is 4.61. The third kappa shape index (κ3) is 3.46. The Morgan fingerprint density at radius 3 is 2.62 bits per heavy atom. The lowest BCUT2D eigenvalue weighted by Gasteiger charge is -2.04. The Balaban J connectivity index is 1.74. The number of hydrogen-bond donors (Lipinski definition) is 0. The molecule has 3 rings (SSSR count).